The summed E-state index contributed by atoms with van der Waals surface area (Å²) in [5, 5.41) is 12.3. The van der Waals surface area contributed by atoms with Crippen molar-refractivity contribution < 1.29 is 9.59 Å². The SMILES string of the molecule is CC(=O)Nc1ccc(C(=O)CSc2nnc(-c3ccccc3Cl)n2C)cc1. The number of ketones is 1. The van der Waals surface area contributed by atoms with E-state index in [2.05, 4.69) is 15.5 Å². The van der Waals surface area contributed by atoms with Gasteiger partial charge in [0.25, 0.3) is 0 Å². The number of aromatic nitrogens is 3. The summed E-state index contributed by atoms with van der Waals surface area (Å²) in [4.78, 5) is 23.5. The van der Waals surface area contributed by atoms with Crippen LogP contribution in [0.4, 0.5) is 5.69 Å². The summed E-state index contributed by atoms with van der Waals surface area (Å²) in [5.41, 5.74) is 2.02. The molecular formula is C19H17ClN4O2S. The van der Waals surface area contributed by atoms with Gasteiger partial charge in [-0.05, 0) is 36.4 Å². The van der Waals surface area contributed by atoms with E-state index in [9.17, 15) is 9.59 Å². The van der Waals surface area contributed by atoms with E-state index >= 15 is 0 Å². The number of anilines is 1. The molecule has 27 heavy (non-hydrogen) atoms. The van der Waals surface area contributed by atoms with Crippen LogP contribution in [0.5, 0.6) is 0 Å². The Morgan fingerprint density at radius 3 is 2.48 bits per heavy atom. The molecule has 1 N–H and O–H groups in total. The largest absolute Gasteiger partial charge is 0.326 e. The summed E-state index contributed by atoms with van der Waals surface area (Å²) in [5.74, 6) is 0.696. The van der Waals surface area contributed by atoms with Gasteiger partial charge in [0.2, 0.25) is 5.91 Å². The van der Waals surface area contributed by atoms with Crippen molar-refractivity contribution in [1.82, 2.24) is 14.8 Å². The molecule has 0 saturated heterocycles. The van der Waals surface area contributed by atoms with Crippen LogP contribution in [0.15, 0.2) is 53.7 Å². The predicted octanol–water partition coefficient (Wildman–Crippen LogP) is 4.07. The van der Waals surface area contributed by atoms with Crippen LogP contribution in [0.25, 0.3) is 11.4 Å². The smallest absolute Gasteiger partial charge is 0.221 e. The molecule has 3 rings (SSSR count). The molecule has 0 fully saturated rings. The number of amides is 1. The Morgan fingerprint density at radius 1 is 1.11 bits per heavy atom. The van der Waals surface area contributed by atoms with E-state index in [0.717, 1.165) is 5.56 Å². The average Bonchev–Trinajstić information content (AvgIpc) is 3.01. The number of carbonyl (C=O) groups is 2. The van der Waals surface area contributed by atoms with Crippen LogP contribution in [0.2, 0.25) is 5.02 Å². The lowest BCUT2D eigenvalue weighted by Crippen LogP contribution is -2.07. The van der Waals surface area contributed by atoms with Crippen molar-refractivity contribution >= 4 is 40.7 Å². The second kappa shape index (κ2) is 8.37. The molecule has 0 saturated carbocycles. The van der Waals surface area contributed by atoms with Gasteiger partial charge < -0.3 is 9.88 Å². The van der Waals surface area contributed by atoms with Gasteiger partial charge >= 0.3 is 0 Å². The maximum Gasteiger partial charge on any atom is 0.221 e. The van der Waals surface area contributed by atoms with E-state index < -0.39 is 0 Å². The highest BCUT2D eigenvalue weighted by Crippen LogP contribution is 2.28. The summed E-state index contributed by atoms with van der Waals surface area (Å²) in [6.07, 6.45) is 0. The highest BCUT2D eigenvalue weighted by molar-refractivity contribution is 7.99. The first-order valence-corrected chi connectivity index (χ1v) is 9.50. The Bertz CT molecular complexity index is 986. The molecule has 0 aliphatic heterocycles. The first-order chi connectivity index (χ1) is 13.0. The summed E-state index contributed by atoms with van der Waals surface area (Å²) < 4.78 is 1.82. The normalized spacial score (nSPS) is 10.6. The topological polar surface area (TPSA) is 76.9 Å². The van der Waals surface area contributed by atoms with Crippen molar-refractivity contribution in [3.8, 4) is 11.4 Å². The molecule has 3 aromatic rings. The second-order valence-corrected chi connectivity index (χ2v) is 7.17. The number of nitrogens with one attached hydrogen (secondary N) is 1. The van der Waals surface area contributed by atoms with Gasteiger partial charge in [0.05, 0.1) is 10.8 Å². The van der Waals surface area contributed by atoms with Crippen molar-refractivity contribution in [2.75, 3.05) is 11.1 Å². The lowest BCUT2D eigenvalue weighted by atomic mass is 10.1. The minimum absolute atomic E-state index is 0.0309. The fraction of sp³-hybridized carbons (Fsp3) is 0.158. The Kier molecular flexibility index (Phi) is 5.93. The Hall–Kier alpha value is -2.64. The molecule has 138 valence electrons. The molecular weight excluding hydrogens is 384 g/mol. The first kappa shape index (κ1) is 19.1. The molecule has 0 spiro atoms. The van der Waals surface area contributed by atoms with Crippen molar-refractivity contribution in [3.05, 3.63) is 59.1 Å². The van der Waals surface area contributed by atoms with E-state index in [1.165, 1.54) is 18.7 Å². The molecule has 1 aromatic heterocycles. The highest BCUT2D eigenvalue weighted by atomic mass is 35.5. The monoisotopic (exact) mass is 400 g/mol. The number of thioether (sulfide) groups is 1. The average molecular weight is 401 g/mol. The molecule has 1 heterocycles. The van der Waals surface area contributed by atoms with Crippen LogP contribution in [-0.4, -0.2) is 32.2 Å². The van der Waals surface area contributed by atoms with E-state index in [4.69, 9.17) is 11.6 Å². The van der Waals surface area contributed by atoms with Gasteiger partial charge in [0.15, 0.2) is 16.8 Å². The van der Waals surface area contributed by atoms with E-state index in [0.29, 0.717) is 27.3 Å². The molecule has 0 bridgehead atoms. The maximum atomic E-state index is 12.4. The lowest BCUT2D eigenvalue weighted by molar-refractivity contribution is -0.114. The van der Waals surface area contributed by atoms with Gasteiger partial charge in [0, 0.05) is 30.8 Å². The number of rotatable bonds is 6. The second-order valence-electron chi connectivity index (χ2n) is 5.82. The molecule has 8 heteroatoms. The van der Waals surface area contributed by atoms with Gasteiger partial charge in [-0.1, -0.05) is 35.5 Å². The molecule has 0 unspecified atom stereocenters. The molecule has 0 radical (unpaired) electrons. The molecule has 6 nitrogen and oxygen atoms in total. The third-order valence-electron chi connectivity index (χ3n) is 3.81. The molecule has 2 aromatic carbocycles. The summed E-state index contributed by atoms with van der Waals surface area (Å²) in [6, 6.07) is 14.2. The van der Waals surface area contributed by atoms with Crippen molar-refractivity contribution in [1.29, 1.82) is 0 Å². The minimum atomic E-state index is -0.152. The Morgan fingerprint density at radius 2 is 1.81 bits per heavy atom. The zero-order chi connectivity index (χ0) is 19.4. The summed E-state index contributed by atoms with van der Waals surface area (Å²) in [7, 11) is 1.84. The lowest BCUT2D eigenvalue weighted by Gasteiger charge is -2.06. The third-order valence-corrected chi connectivity index (χ3v) is 5.16. The van der Waals surface area contributed by atoms with E-state index in [-0.39, 0.29) is 17.4 Å². The van der Waals surface area contributed by atoms with Crippen molar-refractivity contribution in [2.24, 2.45) is 7.05 Å². The number of hydrogen-bond donors (Lipinski definition) is 1. The van der Waals surface area contributed by atoms with Crippen LogP contribution in [0.1, 0.15) is 17.3 Å². The third kappa shape index (κ3) is 4.56. The Labute approximate surface area is 165 Å². The standard InChI is InChI=1S/C19H17ClN4O2S/c1-12(25)21-14-9-7-13(8-10-14)17(26)11-27-19-23-22-18(24(19)2)15-5-3-4-6-16(15)20/h3-10H,11H2,1-2H3,(H,21,25). The highest BCUT2D eigenvalue weighted by Gasteiger charge is 2.15. The van der Waals surface area contributed by atoms with E-state index in [1.807, 2.05) is 29.8 Å². The fourth-order valence-electron chi connectivity index (χ4n) is 2.47. The van der Waals surface area contributed by atoms with Gasteiger partial charge in [-0.15, -0.1) is 10.2 Å². The number of halogens is 1. The number of nitrogens with zero attached hydrogens (tertiary/aromatic N) is 3. The number of Topliss-reactive ketones (excluding diaryl/α,β-unsaturated/α-hetero) is 1. The zero-order valence-corrected chi connectivity index (χ0v) is 16.3. The molecule has 0 aliphatic carbocycles. The first-order valence-electron chi connectivity index (χ1n) is 8.13. The maximum absolute atomic E-state index is 12.4. The zero-order valence-electron chi connectivity index (χ0n) is 14.8. The minimum Gasteiger partial charge on any atom is -0.326 e. The van der Waals surface area contributed by atoms with Crippen LogP contribution in [0.3, 0.4) is 0 Å². The number of hydrogen-bond acceptors (Lipinski definition) is 5. The molecule has 0 aliphatic rings. The molecule has 0 atom stereocenters. The quantitative estimate of drug-likeness (QED) is 0.498. The number of benzene rings is 2. The van der Waals surface area contributed by atoms with Gasteiger partial charge in [-0.3, -0.25) is 9.59 Å². The van der Waals surface area contributed by atoms with Gasteiger partial charge in [0.1, 0.15) is 0 Å². The molecule has 1 amide bonds. The van der Waals surface area contributed by atoms with Crippen molar-refractivity contribution in [3.63, 3.8) is 0 Å². The van der Waals surface area contributed by atoms with Crippen LogP contribution in [0, 0.1) is 0 Å². The van der Waals surface area contributed by atoms with E-state index in [1.54, 1.807) is 30.3 Å². The van der Waals surface area contributed by atoms with Crippen molar-refractivity contribution in [2.45, 2.75) is 12.1 Å². The van der Waals surface area contributed by atoms with Gasteiger partial charge in [-0.25, -0.2) is 0 Å². The predicted molar refractivity (Wildman–Crippen MR) is 107 cm³/mol. The fourth-order valence-corrected chi connectivity index (χ4v) is 3.50. The summed E-state index contributed by atoms with van der Waals surface area (Å²) >= 11 is 7.54. The van der Waals surface area contributed by atoms with Crippen LogP contribution in [-0.2, 0) is 11.8 Å². The summed E-state index contributed by atoms with van der Waals surface area (Å²) in [6.45, 7) is 1.44. The van der Waals surface area contributed by atoms with Crippen LogP contribution >= 0.6 is 23.4 Å². The Balaban J connectivity index is 1.68. The van der Waals surface area contributed by atoms with Gasteiger partial charge in [-0.2, -0.15) is 0 Å². The van der Waals surface area contributed by atoms with Crippen LogP contribution < -0.4 is 5.32 Å². The number of carbonyl (C=O) groups excluding carboxylic acids is 2.